The molecule has 0 spiro atoms. The van der Waals surface area contributed by atoms with E-state index in [0.717, 1.165) is 43.4 Å². The zero-order valence-electron chi connectivity index (χ0n) is 15.5. The highest BCUT2D eigenvalue weighted by atomic mass is 35.5. The summed E-state index contributed by atoms with van der Waals surface area (Å²) in [5.74, 6) is 0.933. The first-order valence-corrected chi connectivity index (χ1v) is 9.90. The smallest absolute Gasteiger partial charge is 0.119 e. The molecule has 0 amide bonds. The lowest BCUT2D eigenvalue weighted by Gasteiger charge is -2.38. The van der Waals surface area contributed by atoms with Crippen molar-refractivity contribution >= 4 is 48.2 Å². The van der Waals surface area contributed by atoms with Crippen molar-refractivity contribution in [3.8, 4) is 5.75 Å². The van der Waals surface area contributed by atoms with Crippen LogP contribution in [0.15, 0.2) is 46.2 Å². The fourth-order valence-electron chi connectivity index (χ4n) is 3.71. The van der Waals surface area contributed by atoms with E-state index in [-0.39, 0.29) is 24.8 Å². The summed E-state index contributed by atoms with van der Waals surface area (Å²) in [6, 6.07) is 13.1. The summed E-state index contributed by atoms with van der Waals surface area (Å²) in [4.78, 5) is 7.66. The molecule has 0 aromatic heterocycles. The van der Waals surface area contributed by atoms with Crippen LogP contribution in [0.5, 0.6) is 5.75 Å². The number of benzene rings is 2. The highest BCUT2D eigenvalue weighted by Crippen LogP contribution is 2.44. The summed E-state index contributed by atoms with van der Waals surface area (Å²) in [6.07, 6.45) is 0.993. The Morgan fingerprint density at radius 3 is 2.41 bits per heavy atom. The molecule has 0 saturated carbocycles. The lowest BCUT2D eigenvalue weighted by molar-refractivity contribution is 0.109. The second-order valence-electron chi connectivity index (χ2n) is 6.82. The Labute approximate surface area is 183 Å². The Kier molecular flexibility index (Phi) is 8.17. The molecule has 2 aromatic rings. The molecule has 1 fully saturated rings. The summed E-state index contributed by atoms with van der Waals surface area (Å²) in [7, 11) is 3.94. The number of hydrogen-bond acceptors (Lipinski definition) is 4. The maximum Gasteiger partial charge on any atom is 0.119 e. The van der Waals surface area contributed by atoms with E-state index in [2.05, 4.69) is 47.2 Å². The van der Waals surface area contributed by atoms with Gasteiger partial charge in [-0.2, -0.15) is 0 Å². The van der Waals surface area contributed by atoms with Gasteiger partial charge in [-0.05, 0) is 61.0 Å². The second-order valence-corrected chi connectivity index (χ2v) is 8.34. The first kappa shape index (κ1) is 22.7. The molecule has 0 radical (unpaired) electrons. The number of rotatable bonds is 2. The number of ether oxygens (including phenoxy) is 1. The van der Waals surface area contributed by atoms with E-state index in [1.54, 1.807) is 7.11 Å². The molecule has 0 N–H and O–H groups in total. The number of halogens is 3. The average molecular weight is 448 g/mol. The third-order valence-corrected chi connectivity index (χ3v) is 6.66. The van der Waals surface area contributed by atoms with Gasteiger partial charge in [0.25, 0.3) is 0 Å². The number of piperazine rings is 1. The highest BCUT2D eigenvalue weighted by Gasteiger charge is 2.29. The fourth-order valence-corrected chi connectivity index (χ4v) is 5.00. The normalized spacial score (nSPS) is 19.7. The second kappa shape index (κ2) is 9.73. The largest absolute Gasteiger partial charge is 0.497 e. The van der Waals surface area contributed by atoms with Crippen molar-refractivity contribution < 1.29 is 4.74 Å². The Balaban J connectivity index is 0.00000131. The van der Waals surface area contributed by atoms with Crippen LogP contribution in [0.25, 0.3) is 0 Å². The number of nitrogens with zero attached hydrogens (tertiary/aromatic N) is 2. The van der Waals surface area contributed by atoms with Crippen LogP contribution in [-0.2, 0) is 6.42 Å². The molecule has 27 heavy (non-hydrogen) atoms. The molecule has 2 aromatic carbocycles. The molecule has 7 heteroatoms. The molecule has 2 aliphatic heterocycles. The molecule has 0 bridgehead atoms. The molecule has 2 aliphatic rings. The van der Waals surface area contributed by atoms with Crippen LogP contribution >= 0.6 is 48.2 Å². The quantitative estimate of drug-likeness (QED) is 0.629. The van der Waals surface area contributed by atoms with Crippen molar-refractivity contribution in [2.45, 2.75) is 22.3 Å². The van der Waals surface area contributed by atoms with Crippen molar-refractivity contribution in [1.29, 1.82) is 0 Å². The summed E-state index contributed by atoms with van der Waals surface area (Å²) in [5.41, 5.74) is 2.72. The van der Waals surface area contributed by atoms with E-state index >= 15 is 0 Å². The molecule has 148 valence electrons. The maximum absolute atomic E-state index is 6.29. The van der Waals surface area contributed by atoms with Crippen LogP contribution in [-0.4, -0.2) is 50.1 Å². The first-order valence-electron chi connectivity index (χ1n) is 8.71. The lowest BCUT2D eigenvalue weighted by Crippen LogP contribution is -2.46. The van der Waals surface area contributed by atoms with Crippen LogP contribution in [0.2, 0.25) is 5.02 Å². The zero-order chi connectivity index (χ0) is 17.4. The molecule has 1 unspecified atom stereocenters. The van der Waals surface area contributed by atoms with E-state index < -0.39 is 0 Å². The van der Waals surface area contributed by atoms with Crippen LogP contribution in [0, 0.1) is 0 Å². The maximum atomic E-state index is 6.29. The van der Waals surface area contributed by atoms with Crippen molar-refractivity contribution in [2.24, 2.45) is 0 Å². The summed E-state index contributed by atoms with van der Waals surface area (Å²) in [5, 5.41) is 0.819. The fraction of sp³-hybridized carbons (Fsp3) is 0.400. The molecule has 3 nitrogen and oxygen atoms in total. The van der Waals surface area contributed by atoms with Gasteiger partial charge in [0.2, 0.25) is 0 Å². The molecular weight excluding hydrogens is 423 g/mol. The van der Waals surface area contributed by atoms with E-state index in [4.69, 9.17) is 16.3 Å². The van der Waals surface area contributed by atoms with Gasteiger partial charge >= 0.3 is 0 Å². The number of hydrogen-bond donors (Lipinski definition) is 0. The molecule has 0 aliphatic carbocycles. The van der Waals surface area contributed by atoms with Gasteiger partial charge in [-0.15, -0.1) is 24.8 Å². The van der Waals surface area contributed by atoms with Gasteiger partial charge < -0.3 is 9.64 Å². The predicted octanol–water partition coefficient (Wildman–Crippen LogP) is 5.19. The molecular formula is C20H25Cl3N2OS. The highest BCUT2D eigenvalue weighted by molar-refractivity contribution is 7.99. The van der Waals surface area contributed by atoms with Crippen LogP contribution < -0.4 is 4.74 Å². The summed E-state index contributed by atoms with van der Waals surface area (Å²) >= 11 is 8.14. The van der Waals surface area contributed by atoms with Gasteiger partial charge in [0.1, 0.15) is 5.75 Å². The third-order valence-electron chi connectivity index (χ3n) is 5.21. The third kappa shape index (κ3) is 4.87. The summed E-state index contributed by atoms with van der Waals surface area (Å²) < 4.78 is 5.51. The minimum Gasteiger partial charge on any atom is -0.497 e. The lowest BCUT2D eigenvalue weighted by atomic mass is 9.96. The van der Waals surface area contributed by atoms with Gasteiger partial charge in [-0.3, -0.25) is 4.90 Å². The standard InChI is InChI=1S/C20H23ClN2OS.2ClH/c1-22-7-9-23(10-8-22)18-12-14-11-15(21)3-5-19(14)25-20-6-4-16(24-2)13-17(18)20;;/h3-6,11,13,18H,7-10,12H2,1-2H3;2*1H. The monoisotopic (exact) mass is 446 g/mol. The van der Waals surface area contributed by atoms with E-state index in [1.807, 2.05) is 17.8 Å². The Morgan fingerprint density at radius 2 is 1.70 bits per heavy atom. The molecule has 4 rings (SSSR count). The van der Waals surface area contributed by atoms with E-state index in [1.165, 1.54) is 20.9 Å². The van der Waals surface area contributed by atoms with E-state index in [0.29, 0.717) is 6.04 Å². The molecule has 1 saturated heterocycles. The number of methoxy groups -OCH3 is 1. The van der Waals surface area contributed by atoms with Crippen molar-refractivity contribution in [2.75, 3.05) is 40.3 Å². The van der Waals surface area contributed by atoms with Gasteiger partial charge in [-0.1, -0.05) is 23.4 Å². The zero-order valence-corrected chi connectivity index (χ0v) is 18.7. The van der Waals surface area contributed by atoms with Crippen molar-refractivity contribution in [3.05, 3.63) is 52.5 Å². The van der Waals surface area contributed by atoms with Crippen LogP contribution in [0.1, 0.15) is 17.2 Å². The topological polar surface area (TPSA) is 15.7 Å². The Morgan fingerprint density at radius 1 is 1.00 bits per heavy atom. The minimum atomic E-state index is 0. The summed E-state index contributed by atoms with van der Waals surface area (Å²) in [6.45, 7) is 4.42. The van der Waals surface area contributed by atoms with Crippen LogP contribution in [0.4, 0.5) is 0 Å². The molecule has 2 heterocycles. The Bertz CT molecular complexity index is 782. The minimum absolute atomic E-state index is 0. The number of likely N-dealkylation sites (N-methyl/N-ethyl adjacent to an activating group) is 1. The first-order chi connectivity index (χ1) is 12.1. The van der Waals surface area contributed by atoms with Crippen molar-refractivity contribution in [1.82, 2.24) is 9.80 Å². The van der Waals surface area contributed by atoms with Crippen LogP contribution in [0.3, 0.4) is 0 Å². The van der Waals surface area contributed by atoms with Gasteiger partial charge in [0.05, 0.1) is 7.11 Å². The van der Waals surface area contributed by atoms with Crippen molar-refractivity contribution in [3.63, 3.8) is 0 Å². The van der Waals surface area contributed by atoms with Gasteiger partial charge in [0.15, 0.2) is 0 Å². The SMILES string of the molecule is COc1ccc2c(c1)C(N1CCN(C)CC1)Cc1cc(Cl)ccc1S2.Cl.Cl. The average Bonchev–Trinajstić information content (AvgIpc) is 2.78. The van der Waals surface area contributed by atoms with Gasteiger partial charge in [-0.25, -0.2) is 0 Å². The number of fused-ring (bicyclic) bond motifs is 2. The predicted molar refractivity (Wildman–Crippen MR) is 119 cm³/mol. The molecule has 1 atom stereocenters. The van der Waals surface area contributed by atoms with Gasteiger partial charge in [0, 0.05) is 47.0 Å². The Hall–Kier alpha value is -0.620. The van der Waals surface area contributed by atoms with E-state index in [9.17, 15) is 0 Å².